The molecule has 0 aliphatic carbocycles. The summed E-state index contributed by atoms with van der Waals surface area (Å²) in [4.78, 5) is 10.4. The van der Waals surface area contributed by atoms with Gasteiger partial charge in [-0.3, -0.25) is 10.1 Å². The van der Waals surface area contributed by atoms with Crippen LogP contribution in [0, 0.1) is 24.0 Å². The lowest BCUT2D eigenvalue weighted by atomic mass is 10.1. The summed E-state index contributed by atoms with van der Waals surface area (Å²) in [5.41, 5.74) is 1.03. The molecule has 6 nitrogen and oxygen atoms in total. The summed E-state index contributed by atoms with van der Waals surface area (Å²) in [6.45, 7) is 4.36. The van der Waals surface area contributed by atoms with Gasteiger partial charge in [-0.15, -0.1) is 0 Å². The molecule has 1 aliphatic rings. The standard InChI is InChI=1S/C13H18N2O4S/c1-10-8-12(15(16)17)9-13(11(10)2)20(18,19)14-6-4-3-5-7-14/h8-9H,3-7H2,1-2H3. The van der Waals surface area contributed by atoms with Crippen molar-refractivity contribution in [2.45, 2.75) is 38.0 Å². The van der Waals surface area contributed by atoms with E-state index in [1.165, 1.54) is 16.4 Å². The normalized spacial score (nSPS) is 17.1. The Balaban J connectivity index is 2.52. The Hall–Kier alpha value is -1.47. The predicted molar refractivity (Wildman–Crippen MR) is 75.2 cm³/mol. The molecular formula is C13H18N2O4S. The summed E-state index contributed by atoms with van der Waals surface area (Å²) < 4.78 is 26.7. The number of benzene rings is 1. The maximum atomic E-state index is 12.6. The van der Waals surface area contributed by atoms with Crippen LogP contribution < -0.4 is 0 Å². The Labute approximate surface area is 118 Å². The third kappa shape index (κ3) is 2.69. The van der Waals surface area contributed by atoms with Gasteiger partial charge in [0.15, 0.2) is 0 Å². The van der Waals surface area contributed by atoms with Gasteiger partial charge in [0.05, 0.1) is 9.82 Å². The smallest absolute Gasteiger partial charge is 0.258 e. The van der Waals surface area contributed by atoms with Crippen molar-refractivity contribution in [2.24, 2.45) is 0 Å². The van der Waals surface area contributed by atoms with Crippen LogP contribution in [-0.2, 0) is 10.0 Å². The predicted octanol–water partition coefficient (Wildman–Crippen LogP) is 2.39. The molecule has 0 N–H and O–H groups in total. The van der Waals surface area contributed by atoms with Crippen LogP contribution in [0.4, 0.5) is 5.69 Å². The maximum absolute atomic E-state index is 12.6. The molecule has 0 bridgehead atoms. The van der Waals surface area contributed by atoms with Crippen LogP contribution in [0.1, 0.15) is 30.4 Å². The minimum Gasteiger partial charge on any atom is -0.258 e. The SMILES string of the molecule is Cc1cc([N+](=O)[O-])cc(S(=O)(=O)N2CCCCC2)c1C. The quantitative estimate of drug-likeness (QED) is 0.634. The molecule has 0 radical (unpaired) electrons. The van der Waals surface area contributed by atoms with E-state index in [1.807, 2.05) is 0 Å². The second-order valence-electron chi connectivity index (χ2n) is 5.11. The molecule has 1 aromatic carbocycles. The Bertz CT molecular complexity index is 634. The molecule has 110 valence electrons. The number of piperidine rings is 1. The van der Waals surface area contributed by atoms with Crippen LogP contribution in [0.5, 0.6) is 0 Å². The number of nitro groups is 1. The molecule has 1 aliphatic heterocycles. The van der Waals surface area contributed by atoms with E-state index in [0.29, 0.717) is 24.2 Å². The van der Waals surface area contributed by atoms with Gasteiger partial charge in [0.1, 0.15) is 0 Å². The van der Waals surface area contributed by atoms with Crippen LogP contribution in [0.25, 0.3) is 0 Å². The largest absolute Gasteiger partial charge is 0.271 e. The molecule has 0 saturated carbocycles. The van der Waals surface area contributed by atoms with Gasteiger partial charge in [0.25, 0.3) is 5.69 Å². The first-order valence-corrected chi connectivity index (χ1v) is 8.04. The van der Waals surface area contributed by atoms with E-state index in [1.54, 1.807) is 13.8 Å². The van der Waals surface area contributed by atoms with E-state index in [0.717, 1.165) is 19.3 Å². The van der Waals surface area contributed by atoms with E-state index in [4.69, 9.17) is 0 Å². The van der Waals surface area contributed by atoms with E-state index in [2.05, 4.69) is 0 Å². The topological polar surface area (TPSA) is 80.5 Å². The Morgan fingerprint density at radius 3 is 2.30 bits per heavy atom. The molecule has 20 heavy (non-hydrogen) atoms. The summed E-state index contributed by atoms with van der Waals surface area (Å²) in [5, 5.41) is 10.9. The van der Waals surface area contributed by atoms with Crippen LogP contribution in [0.2, 0.25) is 0 Å². The third-order valence-corrected chi connectivity index (χ3v) is 5.77. The van der Waals surface area contributed by atoms with Crippen molar-refractivity contribution in [2.75, 3.05) is 13.1 Å². The zero-order valence-electron chi connectivity index (χ0n) is 11.6. The fraction of sp³-hybridized carbons (Fsp3) is 0.538. The number of hydrogen-bond acceptors (Lipinski definition) is 4. The van der Waals surface area contributed by atoms with Crippen molar-refractivity contribution in [3.63, 3.8) is 0 Å². The molecule has 0 atom stereocenters. The molecule has 0 aromatic heterocycles. The van der Waals surface area contributed by atoms with Crippen molar-refractivity contribution in [1.82, 2.24) is 4.31 Å². The van der Waals surface area contributed by atoms with Crippen molar-refractivity contribution < 1.29 is 13.3 Å². The van der Waals surface area contributed by atoms with Crippen LogP contribution in [-0.4, -0.2) is 30.7 Å². The molecule has 1 saturated heterocycles. The summed E-state index contributed by atoms with van der Waals surface area (Å²) in [6, 6.07) is 2.58. The first kappa shape index (κ1) is 14.9. The second kappa shape index (κ2) is 5.49. The molecule has 2 rings (SSSR count). The number of aryl methyl sites for hydroxylation is 1. The summed E-state index contributed by atoms with van der Waals surface area (Å²) in [7, 11) is -3.64. The highest BCUT2D eigenvalue weighted by Crippen LogP contribution is 2.29. The first-order chi connectivity index (χ1) is 9.34. The van der Waals surface area contributed by atoms with Gasteiger partial charge < -0.3 is 0 Å². The highest BCUT2D eigenvalue weighted by molar-refractivity contribution is 7.89. The lowest BCUT2D eigenvalue weighted by Gasteiger charge is -2.26. The summed E-state index contributed by atoms with van der Waals surface area (Å²) >= 11 is 0. The number of nitrogens with zero attached hydrogens (tertiary/aromatic N) is 2. The van der Waals surface area contributed by atoms with E-state index in [-0.39, 0.29) is 10.6 Å². The first-order valence-electron chi connectivity index (χ1n) is 6.60. The minimum absolute atomic E-state index is 0.0612. The van der Waals surface area contributed by atoms with Crippen molar-refractivity contribution >= 4 is 15.7 Å². The average Bonchev–Trinajstić information content (AvgIpc) is 2.42. The lowest BCUT2D eigenvalue weighted by Crippen LogP contribution is -2.36. The number of nitro benzene ring substituents is 1. The van der Waals surface area contributed by atoms with E-state index in [9.17, 15) is 18.5 Å². The number of sulfonamides is 1. The molecule has 1 heterocycles. The highest BCUT2D eigenvalue weighted by atomic mass is 32.2. The van der Waals surface area contributed by atoms with Gasteiger partial charge in [-0.2, -0.15) is 4.31 Å². The second-order valence-corrected chi connectivity index (χ2v) is 7.01. The molecule has 0 amide bonds. The molecule has 1 fully saturated rings. The van der Waals surface area contributed by atoms with Crippen LogP contribution in [0.15, 0.2) is 17.0 Å². The third-order valence-electron chi connectivity index (χ3n) is 3.75. The zero-order valence-corrected chi connectivity index (χ0v) is 12.4. The number of hydrogen-bond donors (Lipinski definition) is 0. The molecular weight excluding hydrogens is 280 g/mol. The van der Waals surface area contributed by atoms with Crippen LogP contribution >= 0.6 is 0 Å². The van der Waals surface area contributed by atoms with Gasteiger partial charge in [-0.1, -0.05) is 6.42 Å². The van der Waals surface area contributed by atoms with Crippen molar-refractivity contribution in [1.29, 1.82) is 0 Å². The summed E-state index contributed by atoms with van der Waals surface area (Å²) in [5.74, 6) is 0. The van der Waals surface area contributed by atoms with Gasteiger partial charge in [0.2, 0.25) is 10.0 Å². The molecule has 7 heteroatoms. The molecule has 0 spiro atoms. The van der Waals surface area contributed by atoms with Crippen molar-refractivity contribution in [3.8, 4) is 0 Å². The fourth-order valence-corrected chi connectivity index (χ4v) is 4.26. The molecule has 1 aromatic rings. The van der Waals surface area contributed by atoms with Gasteiger partial charge in [0, 0.05) is 25.2 Å². The average molecular weight is 298 g/mol. The van der Waals surface area contributed by atoms with Gasteiger partial charge in [-0.25, -0.2) is 8.42 Å². The van der Waals surface area contributed by atoms with Gasteiger partial charge >= 0.3 is 0 Å². The Morgan fingerprint density at radius 1 is 1.15 bits per heavy atom. The number of non-ortho nitro benzene ring substituents is 1. The van der Waals surface area contributed by atoms with Crippen LogP contribution in [0.3, 0.4) is 0 Å². The Kier molecular flexibility index (Phi) is 4.10. The fourth-order valence-electron chi connectivity index (χ4n) is 2.43. The monoisotopic (exact) mass is 298 g/mol. The Morgan fingerprint density at radius 2 is 1.75 bits per heavy atom. The minimum atomic E-state index is -3.64. The number of rotatable bonds is 3. The van der Waals surface area contributed by atoms with E-state index < -0.39 is 14.9 Å². The zero-order chi connectivity index (χ0) is 14.9. The summed E-state index contributed by atoms with van der Waals surface area (Å²) in [6.07, 6.45) is 2.71. The molecule has 0 unspecified atom stereocenters. The highest BCUT2D eigenvalue weighted by Gasteiger charge is 2.29. The van der Waals surface area contributed by atoms with Crippen molar-refractivity contribution in [3.05, 3.63) is 33.4 Å². The maximum Gasteiger partial charge on any atom is 0.271 e. The van der Waals surface area contributed by atoms with E-state index >= 15 is 0 Å². The van der Waals surface area contributed by atoms with Gasteiger partial charge in [-0.05, 0) is 37.8 Å². The lowest BCUT2D eigenvalue weighted by molar-refractivity contribution is -0.385.